The Morgan fingerprint density at radius 1 is 0.529 bits per heavy atom. The van der Waals surface area contributed by atoms with Crippen molar-refractivity contribution in [3.63, 3.8) is 0 Å². The van der Waals surface area contributed by atoms with Gasteiger partial charge in [-0.25, -0.2) is 0 Å². The first kappa shape index (κ1) is 38.1. The second-order valence-corrected chi connectivity index (χ2v) is 7.73. The van der Waals surface area contributed by atoms with Crippen LogP contribution in [-0.4, -0.2) is 17.2 Å². The van der Waals surface area contributed by atoms with Crippen LogP contribution in [0.15, 0.2) is 114 Å². The molecule has 34 heavy (non-hydrogen) atoms. The Labute approximate surface area is 265 Å². The molecular formula is C28H32BBrO2Y2-2. The minimum absolute atomic E-state index is 0. The molecule has 0 atom stereocenters. The molecule has 2 N–H and O–H groups in total. The van der Waals surface area contributed by atoms with Gasteiger partial charge in [-0.3, -0.25) is 0 Å². The second kappa shape index (κ2) is 21.8. The van der Waals surface area contributed by atoms with Crippen molar-refractivity contribution >= 4 is 28.5 Å². The van der Waals surface area contributed by atoms with Crippen LogP contribution in [0.5, 0.6) is 0 Å². The summed E-state index contributed by atoms with van der Waals surface area (Å²) in [5.41, 5.74) is 5.69. The van der Waals surface area contributed by atoms with Crippen LogP contribution in [0.4, 0.5) is 0 Å². The van der Waals surface area contributed by atoms with Crippen molar-refractivity contribution in [2.24, 2.45) is 0 Å². The molecule has 0 fully saturated rings. The maximum atomic E-state index is 8.58. The molecule has 0 unspecified atom stereocenters. The zero-order chi connectivity index (χ0) is 21.8. The molecule has 0 aliphatic rings. The number of hydrogen-bond donors (Lipinski definition) is 2. The van der Waals surface area contributed by atoms with Crippen molar-refractivity contribution in [2.75, 3.05) is 0 Å². The smallest absolute Gasteiger partial charge is 0.423 e. The van der Waals surface area contributed by atoms with Gasteiger partial charge in [0.05, 0.1) is 0 Å². The van der Waals surface area contributed by atoms with Gasteiger partial charge < -0.3 is 24.9 Å². The van der Waals surface area contributed by atoms with Crippen LogP contribution in [0.1, 0.15) is 11.1 Å². The fourth-order valence-electron chi connectivity index (χ4n) is 2.54. The number of benzene rings is 4. The predicted octanol–water partition coefficient (Wildman–Crippen LogP) is 6.68. The minimum atomic E-state index is -1.34. The van der Waals surface area contributed by atoms with E-state index in [1.54, 1.807) is 24.3 Å². The number of aryl methyl sites for hydroxylation is 2. The van der Waals surface area contributed by atoms with Crippen LogP contribution >= 0.6 is 15.9 Å². The molecule has 0 aromatic heterocycles. The topological polar surface area (TPSA) is 40.5 Å². The standard InChI is InChI=1S/C13H12.C7H7Br.C6H7BO2.2CH3.2Y/c1-11-7-9-13(10-8-11)12-5-3-2-4-6-12;1-6-2-4-7(8)5-3-6;8-7(9)6-4-2-1-3-5-6;;;;/h2-10H,1H3;2-5H,1H3;1-5,8-9H;2*1H3;;/q;;;2*-1;;. The molecule has 0 bridgehead atoms. The van der Waals surface area contributed by atoms with E-state index in [-0.39, 0.29) is 80.3 Å². The molecule has 0 spiro atoms. The van der Waals surface area contributed by atoms with Crippen LogP contribution in [0.2, 0.25) is 0 Å². The quantitative estimate of drug-likeness (QED) is 0.185. The minimum Gasteiger partial charge on any atom is -0.423 e. The van der Waals surface area contributed by atoms with Crippen LogP contribution in [-0.2, 0) is 65.4 Å². The van der Waals surface area contributed by atoms with Crippen molar-refractivity contribution < 1.29 is 75.5 Å². The summed E-state index contributed by atoms with van der Waals surface area (Å²) in [7, 11) is -1.34. The summed E-state index contributed by atoms with van der Waals surface area (Å²) in [5.74, 6) is 0. The Hall–Kier alpha value is -0.447. The Bertz CT molecular complexity index is 961. The van der Waals surface area contributed by atoms with Gasteiger partial charge in [0, 0.05) is 69.9 Å². The molecule has 6 heteroatoms. The van der Waals surface area contributed by atoms with Gasteiger partial charge in [0.15, 0.2) is 0 Å². The van der Waals surface area contributed by atoms with Crippen LogP contribution in [0.3, 0.4) is 0 Å². The zero-order valence-electron chi connectivity index (χ0n) is 20.4. The van der Waals surface area contributed by atoms with E-state index in [1.807, 2.05) is 24.3 Å². The maximum Gasteiger partial charge on any atom is 0.488 e. The molecule has 4 aromatic rings. The average molecular weight is 669 g/mol. The third-order valence-corrected chi connectivity index (χ3v) is 4.80. The Morgan fingerprint density at radius 2 is 0.882 bits per heavy atom. The van der Waals surface area contributed by atoms with Crippen molar-refractivity contribution in [1.82, 2.24) is 0 Å². The van der Waals surface area contributed by atoms with Crippen LogP contribution < -0.4 is 5.46 Å². The van der Waals surface area contributed by atoms with E-state index >= 15 is 0 Å². The zero-order valence-corrected chi connectivity index (χ0v) is 27.7. The van der Waals surface area contributed by atoms with Crippen molar-refractivity contribution in [2.45, 2.75) is 13.8 Å². The SMILES string of the molecule is Cc1ccc(-c2ccccc2)cc1.Cc1ccc(Br)cc1.OB(O)c1ccccc1.[CH3-].[CH3-].[Y].[Y]. The molecule has 0 heterocycles. The second-order valence-electron chi connectivity index (χ2n) is 6.81. The van der Waals surface area contributed by atoms with E-state index in [1.165, 1.54) is 22.3 Å². The number of halogens is 1. The first-order valence-corrected chi connectivity index (χ1v) is 10.5. The van der Waals surface area contributed by atoms with Gasteiger partial charge in [-0.2, -0.15) is 0 Å². The average Bonchev–Trinajstić information content (AvgIpc) is 2.78. The summed E-state index contributed by atoms with van der Waals surface area (Å²) in [6, 6.07) is 35.9. The maximum absolute atomic E-state index is 8.58. The molecule has 4 aromatic carbocycles. The van der Waals surface area contributed by atoms with Gasteiger partial charge in [0.1, 0.15) is 0 Å². The van der Waals surface area contributed by atoms with Gasteiger partial charge in [-0.15, -0.1) is 0 Å². The largest absolute Gasteiger partial charge is 0.488 e. The molecule has 4 rings (SSSR count). The van der Waals surface area contributed by atoms with Gasteiger partial charge in [0.2, 0.25) is 0 Å². The molecule has 0 aliphatic carbocycles. The number of hydrogen-bond acceptors (Lipinski definition) is 2. The van der Waals surface area contributed by atoms with E-state index < -0.39 is 7.12 Å². The molecule has 2 radical (unpaired) electrons. The van der Waals surface area contributed by atoms with Crippen LogP contribution in [0, 0.1) is 28.7 Å². The Morgan fingerprint density at radius 3 is 1.24 bits per heavy atom. The molecule has 0 saturated heterocycles. The Balaban J connectivity index is -0.000000414. The Kier molecular flexibility index (Phi) is 24.4. The van der Waals surface area contributed by atoms with E-state index in [0.29, 0.717) is 5.46 Å². The van der Waals surface area contributed by atoms with E-state index in [2.05, 4.69) is 90.4 Å². The molecule has 0 amide bonds. The summed E-state index contributed by atoms with van der Waals surface area (Å²) < 4.78 is 1.14. The van der Waals surface area contributed by atoms with Crippen LogP contribution in [0.25, 0.3) is 11.1 Å². The first-order valence-electron chi connectivity index (χ1n) is 9.71. The van der Waals surface area contributed by atoms with E-state index in [0.717, 1.165) is 4.47 Å². The van der Waals surface area contributed by atoms with Crippen molar-refractivity contribution in [1.29, 1.82) is 0 Å². The third-order valence-electron chi connectivity index (χ3n) is 4.27. The molecule has 174 valence electrons. The normalized spacial score (nSPS) is 8.38. The molecular weight excluding hydrogens is 637 g/mol. The summed E-state index contributed by atoms with van der Waals surface area (Å²) in [4.78, 5) is 0. The van der Waals surface area contributed by atoms with E-state index in [9.17, 15) is 0 Å². The summed E-state index contributed by atoms with van der Waals surface area (Å²) in [6.45, 7) is 4.18. The molecule has 0 aliphatic heterocycles. The monoisotopic (exact) mass is 668 g/mol. The molecule has 2 nitrogen and oxygen atoms in total. The number of rotatable bonds is 2. The predicted molar refractivity (Wildman–Crippen MR) is 145 cm³/mol. The van der Waals surface area contributed by atoms with Crippen molar-refractivity contribution in [3.8, 4) is 11.1 Å². The van der Waals surface area contributed by atoms with Gasteiger partial charge in [0.25, 0.3) is 0 Å². The molecule has 0 saturated carbocycles. The fourth-order valence-corrected chi connectivity index (χ4v) is 2.80. The first-order chi connectivity index (χ1) is 14.5. The summed E-state index contributed by atoms with van der Waals surface area (Å²) in [6.07, 6.45) is 0. The van der Waals surface area contributed by atoms with Gasteiger partial charge >= 0.3 is 7.12 Å². The van der Waals surface area contributed by atoms with E-state index in [4.69, 9.17) is 10.0 Å². The van der Waals surface area contributed by atoms with Gasteiger partial charge in [-0.1, -0.05) is 124 Å². The third kappa shape index (κ3) is 15.5. The fraction of sp³-hybridized carbons (Fsp3) is 0.0714. The van der Waals surface area contributed by atoms with Crippen molar-refractivity contribution in [3.05, 3.63) is 140 Å². The summed E-state index contributed by atoms with van der Waals surface area (Å²) in [5, 5.41) is 17.2. The van der Waals surface area contributed by atoms with Gasteiger partial charge in [-0.05, 0) is 42.6 Å². The summed E-state index contributed by atoms with van der Waals surface area (Å²) >= 11 is 3.35.